The number of anilines is 2. The van der Waals surface area contributed by atoms with Crippen molar-refractivity contribution in [2.45, 2.75) is 6.54 Å². The first-order valence-electron chi connectivity index (χ1n) is 8.37. The van der Waals surface area contributed by atoms with Crippen molar-refractivity contribution in [2.75, 3.05) is 37.8 Å². The molecule has 0 heterocycles. The van der Waals surface area contributed by atoms with E-state index in [1.807, 2.05) is 24.3 Å². The minimum Gasteiger partial charge on any atom is -0.397 e. The van der Waals surface area contributed by atoms with E-state index < -0.39 is 0 Å². The highest BCUT2D eigenvalue weighted by Crippen LogP contribution is 2.25. The normalized spacial score (nSPS) is 11.0. The molecule has 2 aromatic rings. The van der Waals surface area contributed by atoms with Crippen LogP contribution in [0.3, 0.4) is 0 Å². The molecule has 0 saturated heterocycles. The number of likely N-dealkylation sites (N-methyl/N-ethyl adjacent to an activating group) is 1. The number of nitrogens with zero attached hydrogens (tertiary/aromatic N) is 3. The van der Waals surface area contributed by atoms with Crippen LogP contribution >= 0.6 is 12.2 Å². The van der Waals surface area contributed by atoms with Gasteiger partial charge in [-0.2, -0.15) is 5.10 Å². The van der Waals surface area contributed by atoms with E-state index >= 15 is 0 Å². The summed E-state index contributed by atoms with van der Waals surface area (Å²) in [5, 5.41) is 4.10. The topological polar surface area (TPSA) is 82.9 Å². The molecule has 138 valence electrons. The van der Waals surface area contributed by atoms with Crippen molar-refractivity contribution < 1.29 is 0 Å². The molecule has 6 nitrogen and oxygen atoms in total. The molecular weight excluding hydrogens is 344 g/mol. The van der Waals surface area contributed by atoms with E-state index in [2.05, 4.69) is 58.7 Å². The lowest BCUT2D eigenvalue weighted by molar-refractivity contribution is 0.412. The van der Waals surface area contributed by atoms with Crippen LogP contribution in [0.4, 0.5) is 11.4 Å². The molecule has 7 heteroatoms. The van der Waals surface area contributed by atoms with Crippen molar-refractivity contribution in [2.24, 2.45) is 10.8 Å². The lowest BCUT2D eigenvalue weighted by atomic mass is 10.1. The Morgan fingerprint density at radius 2 is 1.88 bits per heavy atom. The highest BCUT2D eigenvalue weighted by atomic mass is 32.1. The Balaban J connectivity index is 2.20. The van der Waals surface area contributed by atoms with Gasteiger partial charge in [0.2, 0.25) is 0 Å². The van der Waals surface area contributed by atoms with Gasteiger partial charge >= 0.3 is 0 Å². The molecule has 0 aliphatic rings. The molecule has 26 heavy (non-hydrogen) atoms. The minimum absolute atomic E-state index is 0.128. The van der Waals surface area contributed by atoms with Crippen LogP contribution in [0, 0.1) is 0 Å². The average molecular weight is 371 g/mol. The zero-order valence-electron chi connectivity index (χ0n) is 15.2. The van der Waals surface area contributed by atoms with Crippen molar-refractivity contribution in [1.82, 2.24) is 10.3 Å². The van der Waals surface area contributed by atoms with Gasteiger partial charge in [-0.3, -0.25) is 5.43 Å². The van der Waals surface area contributed by atoms with Crippen LogP contribution in [0.2, 0.25) is 0 Å². The van der Waals surface area contributed by atoms with E-state index in [0.717, 1.165) is 30.9 Å². The Morgan fingerprint density at radius 1 is 1.15 bits per heavy atom. The van der Waals surface area contributed by atoms with Gasteiger partial charge in [-0.15, -0.1) is 0 Å². The third-order valence-electron chi connectivity index (χ3n) is 3.81. The zero-order valence-corrected chi connectivity index (χ0v) is 16.0. The van der Waals surface area contributed by atoms with E-state index in [-0.39, 0.29) is 5.11 Å². The van der Waals surface area contributed by atoms with Crippen molar-refractivity contribution in [3.05, 3.63) is 59.7 Å². The summed E-state index contributed by atoms with van der Waals surface area (Å²) in [4.78, 5) is 4.45. The first-order chi connectivity index (χ1) is 12.5. The highest BCUT2D eigenvalue weighted by Gasteiger charge is 2.11. The van der Waals surface area contributed by atoms with E-state index in [4.69, 9.17) is 23.7 Å². The molecule has 0 unspecified atom stereocenters. The number of nitrogens with two attached hydrogens (primary N) is 2. The van der Waals surface area contributed by atoms with E-state index in [1.54, 1.807) is 6.21 Å². The third-order valence-corrected chi connectivity index (χ3v) is 3.91. The molecule has 0 fully saturated rings. The van der Waals surface area contributed by atoms with E-state index in [0.29, 0.717) is 5.69 Å². The number of nitrogens with one attached hydrogen (secondary N) is 1. The predicted molar refractivity (Wildman–Crippen MR) is 114 cm³/mol. The summed E-state index contributed by atoms with van der Waals surface area (Å²) < 4.78 is 0. The van der Waals surface area contributed by atoms with Crippen LogP contribution in [-0.4, -0.2) is 43.4 Å². The van der Waals surface area contributed by atoms with E-state index in [1.165, 1.54) is 5.56 Å². The number of hydrazone groups is 1. The first-order valence-corrected chi connectivity index (χ1v) is 8.78. The van der Waals surface area contributed by atoms with Gasteiger partial charge < -0.3 is 21.3 Å². The van der Waals surface area contributed by atoms with Crippen molar-refractivity contribution in [3.63, 3.8) is 0 Å². The summed E-state index contributed by atoms with van der Waals surface area (Å²) in [5.74, 6) is 0. The fraction of sp³-hybridized carbons (Fsp3) is 0.263. The molecule has 0 aromatic heterocycles. The number of nitrogen functional groups attached to an aromatic ring is 1. The summed E-state index contributed by atoms with van der Waals surface area (Å²) >= 11 is 4.72. The molecule has 0 spiro atoms. The molecule has 0 radical (unpaired) electrons. The summed E-state index contributed by atoms with van der Waals surface area (Å²) in [6.45, 7) is 2.62. The van der Waals surface area contributed by atoms with Gasteiger partial charge in [0.15, 0.2) is 5.11 Å². The Hall–Kier alpha value is -2.64. The second-order valence-electron chi connectivity index (χ2n) is 6.26. The van der Waals surface area contributed by atoms with Crippen LogP contribution in [-0.2, 0) is 6.54 Å². The molecule has 0 amide bonds. The molecule has 5 N–H and O–H groups in total. The molecule has 2 rings (SSSR count). The number of hydrogen-bond acceptors (Lipinski definition) is 5. The Bertz CT molecular complexity index is 745. The van der Waals surface area contributed by atoms with Crippen LogP contribution in [0.25, 0.3) is 0 Å². The number of hydrogen-bond donors (Lipinski definition) is 3. The van der Waals surface area contributed by atoms with Gasteiger partial charge in [0.05, 0.1) is 17.6 Å². The predicted octanol–water partition coefficient (Wildman–Crippen LogP) is 2.00. The van der Waals surface area contributed by atoms with Gasteiger partial charge in [-0.05, 0) is 49.6 Å². The highest BCUT2D eigenvalue weighted by molar-refractivity contribution is 7.80. The summed E-state index contributed by atoms with van der Waals surface area (Å²) in [7, 11) is 4.14. The second-order valence-corrected chi connectivity index (χ2v) is 6.70. The number of rotatable bonds is 8. The maximum atomic E-state index is 6.33. The monoisotopic (exact) mass is 370 g/mol. The molecule has 0 aliphatic carbocycles. The Kier molecular flexibility index (Phi) is 7.37. The summed E-state index contributed by atoms with van der Waals surface area (Å²) in [5.41, 5.74) is 18.1. The second kappa shape index (κ2) is 9.74. The molecule has 2 aromatic carbocycles. The Morgan fingerprint density at radius 3 is 2.50 bits per heavy atom. The van der Waals surface area contributed by atoms with Gasteiger partial charge in [-0.1, -0.05) is 36.4 Å². The standard InChI is InChI=1S/C19H26N6S/c1-24(2)10-11-25(14-15-6-4-3-5-7-15)18-9-8-16(12-17(18)20)13-22-23-19(21)26/h3-9,12-13H,10-11,14,20H2,1-2H3,(H3,21,23,26)/b22-13+. The lowest BCUT2D eigenvalue weighted by Gasteiger charge is -2.28. The first kappa shape index (κ1) is 19.7. The SMILES string of the molecule is CN(C)CCN(Cc1ccccc1)c1ccc(/C=N/NC(N)=S)cc1N. The molecule has 0 aliphatic heterocycles. The molecule has 0 bridgehead atoms. The zero-order chi connectivity index (χ0) is 18.9. The number of thiocarbonyl (C=S) groups is 1. The maximum Gasteiger partial charge on any atom is 0.184 e. The lowest BCUT2D eigenvalue weighted by Crippen LogP contribution is -2.31. The van der Waals surface area contributed by atoms with Crippen molar-refractivity contribution in [3.8, 4) is 0 Å². The van der Waals surface area contributed by atoms with Gasteiger partial charge in [-0.25, -0.2) is 0 Å². The van der Waals surface area contributed by atoms with Crippen LogP contribution in [0.5, 0.6) is 0 Å². The molecular formula is C19H26N6S. The van der Waals surface area contributed by atoms with Crippen LogP contribution in [0.1, 0.15) is 11.1 Å². The van der Waals surface area contributed by atoms with Crippen molar-refractivity contribution >= 4 is 34.9 Å². The largest absolute Gasteiger partial charge is 0.397 e. The van der Waals surface area contributed by atoms with Gasteiger partial charge in [0.25, 0.3) is 0 Å². The smallest absolute Gasteiger partial charge is 0.184 e. The fourth-order valence-electron chi connectivity index (χ4n) is 2.52. The fourth-order valence-corrected chi connectivity index (χ4v) is 2.57. The van der Waals surface area contributed by atoms with Crippen LogP contribution < -0.4 is 21.8 Å². The average Bonchev–Trinajstić information content (AvgIpc) is 2.59. The molecule has 0 saturated carbocycles. The van der Waals surface area contributed by atoms with Gasteiger partial charge in [0, 0.05) is 19.6 Å². The molecule has 0 atom stereocenters. The van der Waals surface area contributed by atoms with Gasteiger partial charge in [0.1, 0.15) is 0 Å². The summed E-state index contributed by atoms with van der Waals surface area (Å²) in [6, 6.07) is 16.3. The minimum atomic E-state index is 0.128. The summed E-state index contributed by atoms with van der Waals surface area (Å²) in [6.07, 6.45) is 1.64. The van der Waals surface area contributed by atoms with Crippen LogP contribution in [0.15, 0.2) is 53.6 Å². The number of benzene rings is 2. The third kappa shape index (κ3) is 6.34. The maximum absolute atomic E-state index is 6.33. The van der Waals surface area contributed by atoms with E-state index in [9.17, 15) is 0 Å². The van der Waals surface area contributed by atoms with Crippen molar-refractivity contribution in [1.29, 1.82) is 0 Å². The quantitative estimate of drug-likeness (QED) is 0.285. The Labute approximate surface area is 160 Å².